The van der Waals surface area contributed by atoms with Crippen molar-refractivity contribution in [3.63, 3.8) is 0 Å². The second-order valence-electron chi connectivity index (χ2n) is 20.6. The molecule has 8 fully saturated rings. The molecular formula is C40H66O13. The van der Waals surface area contributed by atoms with Crippen molar-refractivity contribution in [3.05, 3.63) is 0 Å². The van der Waals surface area contributed by atoms with Crippen molar-refractivity contribution in [2.45, 2.75) is 191 Å². The van der Waals surface area contributed by atoms with Gasteiger partial charge in [0.1, 0.15) is 36.6 Å². The zero-order valence-corrected chi connectivity index (χ0v) is 32.6. The van der Waals surface area contributed by atoms with E-state index in [-0.39, 0.29) is 58.7 Å². The maximum absolute atomic E-state index is 12.2. The van der Waals surface area contributed by atoms with Crippen LogP contribution in [0.2, 0.25) is 0 Å². The van der Waals surface area contributed by atoms with Gasteiger partial charge in [-0.05, 0) is 117 Å². The lowest BCUT2D eigenvalue weighted by Crippen LogP contribution is -2.64. The Hall–Kier alpha value is -0.520. The fourth-order valence-corrected chi connectivity index (χ4v) is 14.6. The summed E-state index contributed by atoms with van der Waals surface area (Å²) in [5.74, 6) is -0.0540. The first-order valence-corrected chi connectivity index (χ1v) is 20.3. The highest BCUT2D eigenvalue weighted by atomic mass is 16.7. The second kappa shape index (κ2) is 12.5. The molecular weight excluding hydrogens is 688 g/mol. The summed E-state index contributed by atoms with van der Waals surface area (Å²) in [4.78, 5) is 0. The van der Waals surface area contributed by atoms with Crippen LogP contribution in [-0.2, 0) is 23.7 Å². The zero-order valence-electron chi connectivity index (χ0n) is 32.6. The van der Waals surface area contributed by atoms with E-state index >= 15 is 0 Å². The fraction of sp³-hybridized carbons (Fsp3) is 1.00. The molecule has 304 valence electrons. The van der Waals surface area contributed by atoms with E-state index in [9.17, 15) is 40.9 Å². The first kappa shape index (κ1) is 39.3. The van der Waals surface area contributed by atoms with E-state index in [4.69, 9.17) is 23.7 Å². The molecule has 0 aromatic carbocycles. The summed E-state index contributed by atoms with van der Waals surface area (Å²) >= 11 is 0. The molecule has 5 saturated carbocycles. The van der Waals surface area contributed by atoms with E-state index in [1.807, 2.05) is 0 Å². The molecule has 13 heteroatoms. The van der Waals surface area contributed by atoms with Crippen molar-refractivity contribution in [3.8, 4) is 0 Å². The van der Waals surface area contributed by atoms with E-state index < -0.39 is 84.1 Å². The predicted octanol–water partition coefficient (Wildman–Crippen LogP) is 1.36. The van der Waals surface area contributed by atoms with Gasteiger partial charge in [0, 0.05) is 5.92 Å². The minimum absolute atomic E-state index is 0.0153. The van der Waals surface area contributed by atoms with E-state index in [2.05, 4.69) is 34.6 Å². The van der Waals surface area contributed by atoms with Crippen LogP contribution in [0.4, 0.5) is 0 Å². The highest BCUT2D eigenvalue weighted by Gasteiger charge is 2.85. The summed E-state index contributed by atoms with van der Waals surface area (Å²) in [5.41, 5.74) is -2.85. The minimum Gasteiger partial charge on any atom is -0.393 e. The van der Waals surface area contributed by atoms with Crippen LogP contribution in [0.5, 0.6) is 0 Å². The smallest absolute Gasteiger partial charge is 0.186 e. The van der Waals surface area contributed by atoms with Crippen molar-refractivity contribution in [1.82, 2.24) is 0 Å². The van der Waals surface area contributed by atoms with Gasteiger partial charge in [-0.2, -0.15) is 0 Å². The molecule has 3 saturated heterocycles. The lowest BCUT2D eigenvalue weighted by atomic mass is 9.41. The van der Waals surface area contributed by atoms with Gasteiger partial charge in [-0.25, -0.2) is 0 Å². The fourth-order valence-electron chi connectivity index (χ4n) is 14.6. The van der Waals surface area contributed by atoms with Gasteiger partial charge < -0.3 is 64.5 Å². The number of fused-ring (bicyclic) bond motifs is 2. The van der Waals surface area contributed by atoms with Crippen molar-refractivity contribution < 1.29 is 64.5 Å². The summed E-state index contributed by atoms with van der Waals surface area (Å²) in [6.45, 7) is 14.4. The Balaban J connectivity index is 1.14. The summed E-state index contributed by atoms with van der Waals surface area (Å²) < 4.78 is 31.8. The minimum atomic E-state index is -1.45. The largest absolute Gasteiger partial charge is 0.393 e. The molecule has 0 unspecified atom stereocenters. The van der Waals surface area contributed by atoms with Crippen molar-refractivity contribution in [1.29, 1.82) is 0 Å². The lowest BCUT2D eigenvalue weighted by Gasteiger charge is -2.65. The van der Waals surface area contributed by atoms with Gasteiger partial charge in [-0.3, -0.25) is 0 Å². The van der Waals surface area contributed by atoms with Gasteiger partial charge in [-0.15, -0.1) is 0 Å². The summed E-state index contributed by atoms with van der Waals surface area (Å²) in [5, 5.41) is 86.4. The van der Waals surface area contributed by atoms with Gasteiger partial charge in [0.2, 0.25) is 0 Å². The summed E-state index contributed by atoms with van der Waals surface area (Å²) in [6.07, 6.45) is -4.95. The number of aliphatic hydroxyl groups is 8. The second-order valence-corrected chi connectivity index (χ2v) is 20.6. The highest BCUT2D eigenvalue weighted by Crippen LogP contribution is 2.89. The Bertz CT molecular complexity index is 1410. The topological polar surface area (TPSA) is 208 Å². The number of aliphatic hydroxyl groups excluding tert-OH is 7. The molecule has 3 heterocycles. The van der Waals surface area contributed by atoms with Crippen LogP contribution in [0, 0.1) is 44.8 Å². The standard InChI is InChI=1S/C40H66O13/c1-34(2)24(52-33-29(47)27(45)21(43)17-50-33)9-11-40-18-39(40)13-12-36(5)30(38(7)10-8-25(53-38)35(3,4)48)19(41)15-37(36,6)23(39)14-22(31(34)40)51-32-28(46)26(44)20(42)16-49-32/h19-33,41-48H,8-18H2,1-7H3/t19-,20+,21+,22-,23-,24-,25+,26-,27-,28+,29+,30-,31-,32-,33-,36+,37-,38+,39-,40+/m0/s1. The summed E-state index contributed by atoms with van der Waals surface area (Å²) in [6, 6.07) is 0. The number of hydrogen-bond acceptors (Lipinski definition) is 13. The van der Waals surface area contributed by atoms with Gasteiger partial charge in [0.05, 0.1) is 48.8 Å². The quantitative estimate of drug-likeness (QED) is 0.181. The Kier molecular flexibility index (Phi) is 9.27. The van der Waals surface area contributed by atoms with Crippen LogP contribution >= 0.6 is 0 Å². The Morgan fingerprint density at radius 3 is 1.83 bits per heavy atom. The summed E-state index contributed by atoms with van der Waals surface area (Å²) in [7, 11) is 0. The third-order valence-corrected chi connectivity index (χ3v) is 17.2. The molecule has 2 spiro atoms. The van der Waals surface area contributed by atoms with Gasteiger partial charge in [0.15, 0.2) is 12.6 Å². The highest BCUT2D eigenvalue weighted by molar-refractivity contribution is 5.33. The van der Waals surface area contributed by atoms with E-state index in [0.717, 1.165) is 38.5 Å². The van der Waals surface area contributed by atoms with E-state index in [1.165, 1.54) is 0 Å². The van der Waals surface area contributed by atoms with Crippen molar-refractivity contribution >= 4 is 0 Å². The average Bonchev–Trinajstić information content (AvgIpc) is 3.44. The average molecular weight is 755 g/mol. The zero-order chi connectivity index (χ0) is 38.5. The van der Waals surface area contributed by atoms with Crippen LogP contribution in [0.3, 0.4) is 0 Å². The van der Waals surface area contributed by atoms with Crippen LogP contribution in [-0.4, -0.2) is 139 Å². The molecule has 53 heavy (non-hydrogen) atoms. The number of ether oxygens (including phenoxy) is 5. The monoisotopic (exact) mass is 754 g/mol. The Morgan fingerprint density at radius 2 is 1.25 bits per heavy atom. The molecule has 8 rings (SSSR count). The third-order valence-electron chi connectivity index (χ3n) is 17.2. The molecule has 20 atom stereocenters. The molecule has 8 N–H and O–H groups in total. The van der Waals surface area contributed by atoms with Crippen LogP contribution < -0.4 is 0 Å². The molecule has 0 bridgehead atoms. The van der Waals surface area contributed by atoms with Crippen molar-refractivity contribution in [2.75, 3.05) is 13.2 Å². The number of rotatable bonds is 6. The normalized spacial score (nSPS) is 59.0. The molecule has 8 aliphatic rings. The lowest BCUT2D eigenvalue weighted by molar-refractivity contribution is -0.326. The molecule has 3 aliphatic heterocycles. The Morgan fingerprint density at radius 1 is 0.642 bits per heavy atom. The van der Waals surface area contributed by atoms with Gasteiger partial charge in [-0.1, -0.05) is 27.7 Å². The van der Waals surface area contributed by atoms with Crippen LogP contribution in [0.25, 0.3) is 0 Å². The van der Waals surface area contributed by atoms with Crippen molar-refractivity contribution in [2.24, 2.45) is 44.8 Å². The van der Waals surface area contributed by atoms with Gasteiger partial charge >= 0.3 is 0 Å². The molecule has 13 nitrogen and oxygen atoms in total. The molecule has 0 radical (unpaired) electrons. The van der Waals surface area contributed by atoms with Gasteiger partial charge in [0.25, 0.3) is 0 Å². The first-order chi connectivity index (χ1) is 24.6. The molecule has 0 aromatic rings. The predicted molar refractivity (Wildman–Crippen MR) is 188 cm³/mol. The third kappa shape index (κ3) is 5.42. The maximum Gasteiger partial charge on any atom is 0.186 e. The SMILES string of the molecule is CC(C)(O)[C@H]1CC[C@](C)([C@H]2[C@@H](O)C[C@@]3(C)[C@@H]4C[C@H](O[C@@H]5OC[C@@H](O)[C@H](O)[C@H]5O)[C@H]5C(C)(C)[C@@H](O[C@@H]6OC[C@@H](O)[C@H](O)[C@H]6O)CC[C@@]56C[C@@]46CC[C@]23C)O1. The van der Waals surface area contributed by atoms with E-state index in [0.29, 0.717) is 19.3 Å². The Labute approximate surface area is 313 Å². The van der Waals surface area contributed by atoms with E-state index in [1.54, 1.807) is 13.8 Å². The number of hydrogen-bond donors (Lipinski definition) is 8. The van der Waals surface area contributed by atoms with Crippen LogP contribution in [0.1, 0.15) is 106 Å². The maximum atomic E-state index is 12.2. The molecule has 0 aromatic heterocycles. The molecule has 5 aliphatic carbocycles. The first-order valence-electron chi connectivity index (χ1n) is 20.3. The molecule has 0 amide bonds. The van der Waals surface area contributed by atoms with Crippen LogP contribution in [0.15, 0.2) is 0 Å².